The first-order chi connectivity index (χ1) is 25.9. The number of nitrogens with zero attached hydrogens (tertiary/aromatic N) is 1. The third-order valence-electron chi connectivity index (χ3n) is 12.0. The maximum atomic E-state index is 6.55. The molecule has 2 nitrogen and oxygen atoms in total. The normalized spacial score (nSPS) is 24.9. The van der Waals surface area contributed by atoms with Crippen LogP contribution in [0.15, 0.2) is 186 Å². The van der Waals surface area contributed by atoms with Crippen LogP contribution in [0.3, 0.4) is 0 Å². The third-order valence-corrected chi connectivity index (χ3v) is 13.5. The van der Waals surface area contributed by atoms with E-state index in [0.29, 0.717) is 11.8 Å². The highest BCUT2D eigenvalue weighted by molar-refractivity contribution is 8.01. The molecule has 0 spiro atoms. The van der Waals surface area contributed by atoms with E-state index in [-0.39, 0.29) is 10.3 Å². The summed E-state index contributed by atoms with van der Waals surface area (Å²) in [6, 6.07) is 45.0. The average Bonchev–Trinajstić information content (AvgIpc) is 3.68. The third kappa shape index (κ3) is 5.65. The number of allylic oxidation sites excluding steroid dienone is 7. The van der Waals surface area contributed by atoms with Gasteiger partial charge in [-0.2, -0.15) is 0 Å². The van der Waals surface area contributed by atoms with Gasteiger partial charge in [0.2, 0.25) is 0 Å². The van der Waals surface area contributed by atoms with Crippen molar-refractivity contribution in [3.8, 4) is 22.3 Å². The summed E-state index contributed by atoms with van der Waals surface area (Å²) < 4.78 is 6.65. The number of hydrogen-bond donors (Lipinski definition) is 0. The van der Waals surface area contributed by atoms with Crippen LogP contribution in [0, 0.1) is 0 Å². The molecule has 4 atom stereocenters. The predicted molar refractivity (Wildman–Crippen MR) is 222 cm³/mol. The predicted octanol–water partition coefficient (Wildman–Crippen LogP) is 13.8. The van der Waals surface area contributed by atoms with Gasteiger partial charge in [0.25, 0.3) is 0 Å². The molecule has 260 valence electrons. The lowest BCUT2D eigenvalue weighted by molar-refractivity contribution is 0.0512. The van der Waals surface area contributed by atoms with E-state index in [9.17, 15) is 0 Å². The Morgan fingerprint density at radius 2 is 1.38 bits per heavy atom. The van der Waals surface area contributed by atoms with Crippen molar-refractivity contribution in [3.05, 3.63) is 192 Å². The minimum atomic E-state index is -0.186. The second-order valence-electron chi connectivity index (χ2n) is 15.5. The molecule has 0 fully saturated rings. The van der Waals surface area contributed by atoms with Crippen LogP contribution in [-0.4, -0.2) is 10.3 Å². The van der Waals surface area contributed by atoms with Crippen LogP contribution in [0.5, 0.6) is 0 Å². The quantitative estimate of drug-likeness (QED) is 0.174. The summed E-state index contributed by atoms with van der Waals surface area (Å²) in [5.41, 5.74) is 13.7. The van der Waals surface area contributed by atoms with Crippen LogP contribution in [0.2, 0.25) is 0 Å². The molecule has 4 unspecified atom stereocenters. The van der Waals surface area contributed by atoms with Gasteiger partial charge < -0.3 is 9.64 Å². The van der Waals surface area contributed by atoms with Gasteiger partial charge in [-0.05, 0) is 115 Å². The molecule has 0 aromatic heterocycles. The molecule has 0 saturated heterocycles. The van der Waals surface area contributed by atoms with Crippen molar-refractivity contribution in [1.82, 2.24) is 0 Å². The first-order valence-electron chi connectivity index (χ1n) is 19.1. The van der Waals surface area contributed by atoms with Crippen LogP contribution in [0.25, 0.3) is 22.3 Å². The van der Waals surface area contributed by atoms with Gasteiger partial charge in [-0.15, -0.1) is 11.8 Å². The Labute approximate surface area is 317 Å². The second-order valence-corrected chi connectivity index (χ2v) is 17.0. The van der Waals surface area contributed by atoms with E-state index in [2.05, 4.69) is 183 Å². The Balaban J connectivity index is 0.979. The number of anilines is 3. The van der Waals surface area contributed by atoms with Crippen LogP contribution in [-0.2, 0) is 4.74 Å². The van der Waals surface area contributed by atoms with E-state index < -0.39 is 0 Å². The lowest BCUT2D eigenvalue weighted by Gasteiger charge is -2.34. The Morgan fingerprint density at radius 1 is 0.717 bits per heavy atom. The van der Waals surface area contributed by atoms with Gasteiger partial charge in [-0.3, -0.25) is 0 Å². The van der Waals surface area contributed by atoms with Gasteiger partial charge >= 0.3 is 0 Å². The van der Waals surface area contributed by atoms with Crippen molar-refractivity contribution in [1.29, 1.82) is 0 Å². The van der Waals surface area contributed by atoms with Crippen molar-refractivity contribution in [3.63, 3.8) is 0 Å². The number of fused-ring (bicyclic) bond motifs is 5. The van der Waals surface area contributed by atoms with Crippen molar-refractivity contribution in [2.45, 2.75) is 66.6 Å². The van der Waals surface area contributed by atoms with E-state index in [4.69, 9.17) is 4.74 Å². The summed E-state index contributed by atoms with van der Waals surface area (Å²) in [6.07, 6.45) is 20.4. The number of hydrogen-bond acceptors (Lipinski definition) is 3. The van der Waals surface area contributed by atoms with Gasteiger partial charge in [0.1, 0.15) is 11.4 Å². The van der Waals surface area contributed by atoms with Gasteiger partial charge in [0.15, 0.2) is 0 Å². The van der Waals surface area contributed by atoms with Crippen LogP contribution < -0.4 is 4.90 Å². The zero-order chi connectivity index (χ0) is 35.6. The molecule has 0 bridgehead atoms. The minimum Gasteiger partial charge on any atom is -0.487 e. The van der Waals surface area contributed by atoms with E-state index in [1.165, 1.54) is 55.2 Å². The first-order valence-corrected chi connectivity index (χ1v) is 19.9. The summed E-state index contributed by atoms with van der Waals surface area (Å²) in [5, 5.41) is 0. The van der Waals surface area contributed by atoms with Crippen molar-refractivity contribution >= 4 is 28.8 Å². The smallest absolute Gasteiger partial charge is 0.131 e. The molecule has 0 N–H and O–H groups in total. The molecule has 3 aliphatic carbocycles. The standard InChI is InChI=1S/C50H43NOS/c1-49-31-29-39(33-46(49)43-12-6-7-14-47(43)52-49)37-19-26-42(27-20-37)51(40-22-15-35(16-23-40)34-10-4-3-5-11-34)41-24-17-36(18-25-41)38-21-28-48-44(32-38)45-13-8-9-30-50(45,2)53-48/h3-6,8-13,15-28,30,32-33,39,45H,7,14,29,31H2,1-2H3. The lowest BCUT2D eigenvalue weighted by atomic mass is 9.75. The fourth-order valence-corrected chi connectivity index (χ4v) is 10.5. The fraction of sp³-hybridized carbons (Fsp3) is 0.200. The van der Waals surface area contributed by atoms with E-state index in [1.807, 2.05) is 11.8 Å². The highest BCUT2D eigenvalue weighted by Gasteiger charge is 2.44. The lowest BCUT2D eigenvalue weighted by Crippen LogP contribution is -2.30. The first kappa shape index (κ1) is 32.4. The van der Waals surface area contributed by atoms with Crippen LogP contribution >= 0.6 is 11.8 Å². The van der Waals surface area contributed by atoms with Gasteiger partial charge in [-0.25, -0.2) is 0 Å². The van der Waals surface area contributed by atoms with E-state index in [0.717, 1.165) is 42.7 Å². The largest absolute Gasteiger partial charge is 0.487 e. The molecule has 0 radical (unpaired) electrons. The summed E-state index contributed by atoms with van der Waals surface area (Å²) in [6.45, 7) is 4.64. The molecular weight excluding hydrogens is 663 g/mol. The topological polar surface area (TPSA) is 12.5 Å². The SMILES string of the molecule is CC12CCC(c3ccc(N(c4ccc(-c5ccccc5)cc4)c4ccc(-c5ccc6c(c5)C5C=CC=CC5(C)S6)cc4)cc3)C=C1C1=C(CCC=C1)O2. The summed E-state index contributed by atoms with van der Waals surface area (Å²) in [4.78, 5) is 3.78. The Morgan fingerprint density at radius 3 is 2.11 bits per heavy atom. The molecule has 10 rings (SSSR count). The molecule has 2 heterocycles. The van der Waals surface area contributed by atoms with Crippen LogP contribution in [0.4, 0.5) is 17.1 Å². The monoisotopic (exact) mass is 705 g/mol. The van der Waals surface area contributed by atoms with Crippen molar-refractivity contribution in [2.75, 3.05) is 4.90 Å². The molecule has 0 amide bonds. The number of ether oxygens (including phenoxy) is 1. The van der Waals surface area contributed by atoms with E-state index >= 15 is 0 Å². The number of benzene rings is 5. The highest BCUT2D eigenvalue weighted by atomic mass is 32.2. The Hall–Kier alpha value is -5.25. The van der Waals surface area contributed by atoms with Crippen molar-refractivity contribution < 1.29 is 4.74 Å². The zero-order valence-electron chi connectivity index (χ0n) is 30.3. The second kappa shape index (κ2) is 12.7. The molecule has 2 aliphatic heterocycles. The van der Waals surface area contributed by atoms with E-state index in [1.54, 1.807) is 0 Å². The number of rotatable bonds is 6. The summed E-state index contributed by atoms with van der Waals surface area (Å²) in [7, 11) is 0. The molecular formula is C50H43NOS. The fourth-order valence-electron chi connectivity index (χ4n) is 9.11. The van der Waals surface area contributed by atoms with Crippen molar-refractivity contribution in [2.24, 2.45) is 0 Å². The zero-order valence-corrected chi connectivity index (χ0v) is 31.2. The molecule has 53 heavy (non-hydrogen) atoms. The van der Waals surface area contributed by atoms with Gasteiger partial charge in [0.05, 0.1) is 0 Å². The maximum Gasteiger partial charge on any atom is 0.131 e. The minimum absolute atomic E-state index is 0.0961. The molecule has 5 aliphatic rings. The van der Waals surface area contributed by atoms with Crippen LogP contribution in [0.1, 0.15) is 62.5 Å². The molecule has 3 heteroatoms. The molecule has 0 saturated carbocycles. The number of thioether (sulfide) groups is 1. The average molecular weight is 706 g/mol. The summed E-state index contributed by atoms with van der Waals surface area (Å²) >= 11 is 1.99. The Bertz CT molecular complexity index is 2360. The van der Waals surface area contributed by atoms with Gasteiger partial charge in [-0.1, -0.05) is 115 Å². The molecule has 5 aromatic rings. The molecule has 5 aromatic carbocycles. The van der Waals surface area contributed by atoms with Gasteiger partial charge in [0, 0.05) is 56.1 Å². The maximum absolute atomic E-state index is 6.55. The highest BCUT2D eigenvalue weighted by Crippen LogP contribution is 2.56. The summed E-state index contributed by atoms with van der Waals surface area (Å²) in [5.74, 6) is 1.97. The Kier molecular flexibility index (Phi) is 7.77.